The zero-order valence-electron chi connectivity index (χ0n) is 8.23. The minimum Gasteiger partial charge on any atom is -0.469 e. The second-order valence-corrected chi connectivity index (χ2v) is 3.72. The zero-order chi connectivity index (χ0) is 9.97. The lowest BCUT2D eigenvalue weighted by Crippen LogP contribution is -2.26. The summed E-state index contributed by atoms with van der Waals surface area (Å²) in [6.45, 7) is 0. The largest absolute Gasteiger partial charge is 0.469 e. The molecule has 2 rings (SSSR count). The molecule has 14 heavy (non-hydrogen) atoms. The Kier molecular flexibility index (Phi) is 2.68. The molecule has 0 aliphatic heterocycles. The number of carbonyl (C=O) groups is 1. The van der Waals surface area contributed by atoms with Gasteiger partial charge >= 0.3 is 0 Å². The summed E-state index contributed by atoms with van der Waals surface area (Å²) in [5.41, 5.74) is 0. The summed E-state index contributed by atoms with van der Waals surface area (Å²) in [5, 5.41) is 0. The Bertz CT molecular complexity index is 298. The van der Waals surface area contributed by atoms with Crippen molar-refractivity contribution in [1.29, 1.82) is 0 Å². The number of Topliss-reactive ketones (excluding diaryl/α,β-unsaturated/α-hetero) is 1. The minimum atomic E-state index is -0.222. The fourth-order valence-corrected chi connectivity index (χ4v) is 1.67. The molecule has 1 unspecified atom stereocenters. The van der Waals surface area contributed by atoms with Crippen LogP contribution in [0.1, 0.15) is 18.6 Å². The second-order valence-electron chi connectivity index (χ2n) is 3.72. The lowest BCUT2D eigenvalue weighted by Gasteiger charge is -2.11. The van der Waals surface area contributed by atoms with Crippen LogP contribution < -0.4 is 0 Å². The molecule has 1 atom stereocenters. The fourth-order valence-electron chi connectivity index (χ4n) is 1.67. The van der Waals surface area contributed by atoms with Gasteiger partial charge in [0.15, 0.2) is 5.78 Å². The van der Waals surface area contributed by atoms with Crippen molar-refractivity contribution in [1.82, 2.24) is 0 Å². The average molecular weight is 194 g/mol. The molecule has 1 saturated carbocycles. The normalized spacial score (nSPS) is 18.1. The molecule has 1 aromatic heterocycles. The van der Waals surface area contributed by atoms with Crippen molar-refractivity contribution >= 4 is 5.78 Å². The molecule has 1 aliphatic carbocycles. The third-order valence-corrected chi connectivity index (χ3v) is 2.55. The number of rotatable bonds is 5. The molecule has 76 valence electrons. The van der Waals surface area contributed by atoms with Crippen molar-refractivity contribution < 1.29 is 13.9 Å². The molecule has 1 aliphatic rings. The van der Waals surface area contributed by atoms with Gasteiger partial charge in [-0.3, -0.25) is 4.79 Å². The van der Waals surface area contributed by atoms with E-state index in [2.05, 4.69) is 0 Å². The number of carbonyl (C=O) groups excluding carboxylic acids is 1. The third-order valence-electron chi connectivity index (χ3n) is 2.55. The average Bonchev–Trinajstić information content (AvgIpc) is 2.86. The lowest BCUT2D eigenvalue weighted by atomic mass is 10.1. The van der Waals surface area contributed by atoms with Gasteiger partial charge in [0, 0.05) is 7.11 Å². The van der Waals surface area contributed by atoms with Gasteiger partial charge in [0.05, 0.1) is 12.7 Å². The van der Waals surface area contributed by atoms with Crippen molar-refractivity contribution in [2.24, 2.45) is 5.92 Å². The molecule has 3 heteroatoms. The van der Waals surface area contributed by atoms with Gasteiger partial charge in [0.25, 0.3) is 0 Å². The van der Waals surface area contributed by atoms with Gasteiger partial charge in [-0.15, -0.1) is 0 Å². The van der Waals surface area contributed by atoms with E-state index in [0.29, 0.717) is 12.3 Å². The van der Waals surface area contributed by atoms with E-state index in [-0.39, 0.29) is 11.9 Å². The molecule has 0 radical (unpaired) electrons. The third kappa shape index (κ3) is 2.04. The van der Waals surface area contributed by atoms with Crippen LogP contribution in [0.3, 0.4) is 0 Å². The van der Waals surface area contributed by atoms with Gasteiger partial charge in [0.2, 0.25) is 0 Å². The van der Waals surface area contributed by atoms with E-state index in [0.717, 1.165) is 18.6 Å². The molecule has 0 N–H and O–H groups in total. The molecular weight excluding hydrogens is 180 g/mol. The van der Waals surface area contributed by atoms with Crippen LogP contribution in [0, 0.1) is 5.92 Å². The standard InChI is InChI=1S/C11H14O3/c1-13-11(8-4-5-8)10(12)7-9-3-2-6-14-9/h2-3,6,8,11H,4-5,7H2,1H3. The van der Waals surface area contributed by atoms with Crippen LogP contribution >= 0.6 is 0 Å². The first kappa shape index (κ1) is 9.46. The molecule has 0 amide bonds. The number of methoxy groups -OCH3 is 1. The molecule has 0 bridgehead atoms. The lowest BCUT2D eigenvalue weighted by molar-refractivity contribution is -0.129. The van der Waals surface area contributed by atoms with Gasteiger partial charge in [0.1, 0.15) is 11.9 Å². The Labute approximate surface area is 83.0 Å². The molecule has 1 fully saturated rings. The van der Waals surface area contributed by atoms with Gasteiger partial charge in [-0.05, 0) is 30.9 Å². The van der Waals surface area contributed by atoms with Crippen LogP contribution in [-0.4, -0.2) is 19.0 Å². The first-order valence-electron chi connectivity index (χ1n) is 4.89. The minimum absolute atomic E-state index is 0.130. The highest BCUT2D eigenvalue weighted by molar-refractivity contribution is 5.85. The van der Waals surface area contributed by atoms with Crippen LogP contribution in [0.5, 0.6) is 0 Å². The molecule has 0 spiro atoms. The smallest absolute Gasteiger partial charge is 0.169 e. The summed E-state index contributed by atoms with van der Waals surface area (Å²) in [7, 11) is 1.60. The second kappa shape index (κ2) is 3.96. The van der Waals surface area contributed by atoms with Crippen molar-refractivity contribution in [3.8, 4) is 0 Å². The van der Waals surface area contributed by atoms with Gasteiger partial charge in [-0.1, -0.05) is 0 Å². The van der Waals surface area contributed by atoms with Crippen molar-refractivity contribution in [2.75, 3.05) is 7.11 Å². The maximum Gasteiger partial charge on any atom is 0.169 e. The SMILES string of the molecule is COC(C(=O)Cc1ccco1)C1CC1. The Morgan fingerprint density at radius 2 is 2.50 bits per heavy atom. The van der Waals surface area contributed by atoms with Crippen molar-refractivity contribution in [2.45, 2.75) is 25.4 Å². The predicted octanol–water partition coefficient (Wildman–Crippen LogP) is 1.82. The van der Waals surface area contributed by atoms with E-state index in [1.54, 1.807) is 19.4 Å². The monoisotopic (exact) mass is 194 g/mol. The Morgan fingerprint density at radius 1 is 1.71 bits per heavy atom. The van der Waals surface area contributed by atoms with Crippen LogP contribution in [0.4, 0.5) is 0 Å². The van der Waals surface area contributed by atoms with Crippen molar-refractivity contribution in [3.63, 3.8) is 0 Å². The predicted molar refractivity (Wildman–Crippen MR) is 50.9 cm³/mol. The number of furan rings is 1. The molecule has 1 heterocycles. The first-order chi connectivity index (χ1) is 6.81. The fraction of sp³-hybridized carbons (Fsp3) is 0.545. The van der Waals surface area contributed by atoms with E-state index in [9.17, 15) is 4.79 Å². The summed E-state index contributed by atoms with van der Waals surface area (Å²) in [6.07, 6.45) is 3.94. The first-order valence-corrected chi connectivity index (χ1v) is 4.89. The summed E-state index contributed by atoms with van der Waals surface area (Å²) >= 11 is 0. The number of hydrogen-bond donors (Lipinski definition) is 0. The molecule has 0 aromatic carbocycles. The number of ketones is 1. The van der Waals surface area contributed by atoms with Crippen LogP contribution in [0.2, 0.25) is 0 Å². The highest BCUT2D eigenvalue weighted by Crippen LogP contribution is 2.34. The summed E-state index contributed by atoms with van der Waals surface area (Å²) in [4.78, 5) is 11.7. The van der Waals surface area contributed by atoms with E-state index in [1.165, 1.54) is 0 Å². The van der Waals surface area contributed by atoms with Crippen LogP contribution in [-0.2, 0) is 16.0 Å². The van der Waals surface area contributed by atoms with Gasteiger partial charge in [-0.25, -0.2) is 0 Å². The number of ether oxygens (including phenoxy) is 1. The van der Waals surface area contributed by atoms with Crippen LogP contribution in [0.25, 0.3) is 0 Å². The van der Waals surface area contributed by atoms with Crippen molar-refractivity contribution in [3.05, 3.63) is 24.2 Å². The van der Waals surface area contributed by atoms with E-state index < -0.39 is 0 Å². The quantitative estimate of drug-likeness (QED) is 0.717. The zero-order valence-corrected chi connectivity index (χ0v) is 8.23. The number of hydrogen-bond acceptors (Lipinski definition) is 3. The summed E-state index contributed by atoms with van der Waals surface area (Å²) in [6, 6.07) is 3.61. The van der Waals surface area contributed by atoms with Gasteiger partial charge in [-0.2, -0.15) is 0 Å². The Morgan fingerprint density at radius 3 is 3.00 bits per heavy atom. The highest BCUT2D eigenvalue weighted by atomic mass is 16.5. The maximum atomic E-state index is 11.7. The summed E-state index contributed by atoms with van der Waals surface area (Å²) < 4.78 is 10.3. The van der Waals surface area contributed by atoms with E-state index in [1.807, 2.05) is 6.07 Å². The molecule has 1 aromatic rings. The van der Waals surface area contributed by atoms with Crippen LogP contribution in [0.15, 0.2) is 22.8 Å². The molecule has 0 saturated heterocycles. The Balaban J connectivity index is 1.93. The summed E-state index contributed by atoms with van der Waals surface area (Å²) in [5.74, 6) is 1.30. The topological polar surface area (TPSA) is 39.4 Å². The Hall–Kier alpha value is -1.09. The highest BCUT2D eigenvalue weighted by Gasteiger charge is 2.36. The maximum absolute atomic E-state index is 11.7. The molecule has 3 nitrogen and oxygen atoms in total. The van der Waals surface area contributed by atoms with Gasteiger partial charge < -0.3 is 9.15 Å². The van der Waals surface area contributed by atoms with E-state index in [4.69, 9.17) is 9.15 Å². The van der Waals surface area contributed by atoms with E-state index >= 15 is 0 Å². The molecular formula is C11H14O3.